The predicted molar refractivity (Wildman–Crippen MR) is 222 cm³/mol. The second-order valence-corrected chi connectivity index (χ2v) is 14.4. The Morgan fingerprint density at radius 1 is 0.630 bits per heavy atom. The molecule has 1 aliphatic rings. The standard InChI is InChI=1S/C49H37N4.K/c1-4-9-47(50)52-44-21-16-35(33-13-8-11-31(3)25-33)27-42(44)43-28-36-15-18-38-37(40(36)29-46(43)52)19-20-39-41-26-34(32-12-7-10-30(2)24-32)17-22-45(41)53(49(38)39)48-14-5-6-23-51-48;/h4-14,16-17,19-29,50H,1,15,18H2,2-3H3;/q-1;+1/b9-4-,50-47?;. The molecule has 1 aliphatic carbocycles. The van der Waals surface area contributed by atoms with Gasteiger partial charge in [0.2, 0.25) is 0 Å². The van der Waals surface area contributed by atoms with Crippen LogP contribution in [0.25, 0.3) is 82.8 Å². The van der Waals surface area contributed by atoms with E-state index in [1.165, 1.54) is 77.3 Å². The van der Waals surface area contributed by atoms with Crippen LogP contribution in [0.1, 0.15) is 22.3 Å². The van der Waals surface area contributed by atoms with Crippen molar-refractivity contribution in [2.75, 3.05) is 0 Å². The molecule has 5 heteroatoms. The molecule has 0 atom stereocenters. The first kappa shape index (κ1) is 34.7. The van der Waals surface area contributed by atoms with E-state index in [9.17, 15) is 0 Å². The van der Waals surface area contributed by atoms with Crippen LogP contribution >= 0.6 is 0 Å². The number of pyridine rings is 1. The smallest absolute Gasteiger partial charge is 0.310 e. The molecule has 0 saturated heterocycles. The van der Waals surface area contributed by atoms with Crippen molar-refractivity contribution in [3.63, 3.8) is 0 Å². The Bertz CT molecular complexity index is 3000. The third-order valence-electron chi connectivity index (χ3n) is 11.1. The summed E-state index contributed by atoms with van der Waals surface area (Å²) in [6.45, 7) is 8.21. The fourth-order valence-corrected chi connectivity index (χ4v) is 8.69. The molecular formula is C49H37KN4. The zero-order valence-corrected chi connectivity index (χ0v) is 33.9. The minimum absolute atomic E-state index is 0. The maximum Gasteiger partial charge on any atom is 1.00 e. The number of hydrogen-bond donors (Lipinski definition) is 1. The molecule has 254 valence electrons. The summed E-state index contributed by atoms with van der Waals surface area (Å²) in [5, 5.41) is 13.9. The topological polar surface area (TPSA) is 46.6 Å². The fourth-order valence-electron chi connectivity index (χ4n) is 8.69. The molecule has 0 saturated carbocycles. The van der Waals surface area contributed by atoms with E-state index < -0.39 is 0 Å². The minimum Gasteiger partial charge on any atom is -0.310 e. The summed E-state index contributed by atoms with van der Waals surface area (Å²) in [4.78, 5) is 4.88. The number of nitrogens with zero attached hydrogens (tertiary/aromatic N) is 3. The van der Waals surface area contributed by atoms with Gasteiger partial charge in [-0.1, -0.05) is 90.0 Å². The average molecular weight is 721 g/mol. The largest absolute Gasteiger partial charge is 1.00 e. The Morgan fingerprint density at radius 2 is 1.30 bits per heavy atom. The molecule has 0 unspecified atom stereocenters. The molecule has 10 rings (SSSR count). The maximum absolute atomic E-state index is 9.15. The van der Waals surface area contributed by atoms with Gasteiger partial charge in [-0.05, 0) is 120 Å². The Labute approximate surface area is 357 Å². The van der Waals surface area contributed by atoms with Crippen LogP contribution in [0.2, 0.25) is 0 Å². The van der Waals surface area contributed by atoms with Crippen molar-refractivity contribution in [3.8, 4) is 39.2 Å². The quantitative estimate of drug-likeness (QED) is 0.0839. The van der Waals surface area contributed by atoms with Gasteiger partial charge in [-0.25, -0.2) is 18.0 Å². The van der Waals surface area contributed by atoms with Crippen LogP contribution in [0.5, 0.6) is 0 Å². The van der Waals surface area contributed by atoms with Gasteiger partial charge in [-0.3, -0.25) is 4.57 Å². The van der Waals surface area contributed by atoms with Crippen LogP contribution in [0, 0.1) is 26.2 Å². The van der Waals surface area contributed by atoms with E-state index in [0.717, 1.165) is 40.6 Å². The molecule has 4 nitrogen and oxygen atoms in total. The summed E-state index contributed by atoms with van der Waals surface area (Å²) < 4.78 is 4.45. The van der Waals surface area contributed by atoms with Crippen LogP contribution in [-0.4, -0.2) is 20.0 Å². The monoisotopic (exact) mass is 720 g/mol. The van der Waals surface area contributed by atoms with E-state index in [1.807, 2.05) is 12.3 Å². The van der Waals surface area contributed by atoms with E-state index in [4.69, 9.17) is 10.4 Å². The molecule has 1 N–H and O–H groups in total. The van der Waals surface area contributed by atoms with Gasteiger partial charge in [-0.15, -0.1) is 0 Å². The van der Waals surface area contributed by atoms with Gasteiger partial charge >= 0.3 is 51.4 Å². The van der Waals surface area contributed by atoms with Crippen LogP contribution in [0.15, 0.2) is 146 Å². The number of nitrogens with one attached hydrogen (secondary N) is 1. The zero-order valence-electron chi connectivity index (χ0n) is 30.8. The first-order chi connectivity index (χ1) is 26.0. The van der Waals surface area contributed by atoms with E-state index >= 15 is 0 Å². The number of aromatic nitrogens is 3. The van der Waals surface area contributed by atoms with Crippen molar-refractivity contribution in [1.82, 2.24) is 14.1 Å². The van der Waals surface area contributed by atoms with Gasteiger partial charge in [0.15, 0.2) is 0 Å². The third-order valence-corrected chi connectivity index (χ3v) is 11.1. The number of aryl methyl sites for hydroxylation is 4. The van der Waals surface area contributed by atoms with Crippen molar-refractivity contribution in [2.24, 2.45) is 0 Å². The number of fused-ring (bicyclic) bond motifs is 10. The van der Waals surface area contributed by atoms with Crippen molar-refractivity contribution in [3.05, 3.63) is 175 Å². The van der Waals surface area contributed by atoms with Crippen LogP contribution in [0.4, 0.5) is 0 Å². The van der Waals surface area contributed by atoms with Crippen LogP contribution in [-0.2, 0) is 12.8 Å². The molecular weight excluding hydrogens is 684 g/mol. The number of benzene rings is 6. The summed E-state index contributed by atoms with van der Waals surface area (Å²) in [5.41, 5.74) is 16.9. The van der Waals surface area contributed by atoms with Crippen molar-refractivity contribution in [2.45, 2.75) is 26.7 Å². The van der Waals surface area contributed by atoms with Gasteiger partial charge in [-0.2, -0.15) is 6.08 Å². The molecule has 0 spiro atoms. The van der Waals surface area contributed by atoms with Crippen LogP contribution in [0.3, 0.4) is 0 Å². The van der Waals surface area contributed by atoms with E-state index in [0.29, 0.717) is 5.84 Å². The Kier molecular flexibility index (Phi) is 8.80. The Morgan fingerprint density at radius 3 is 1.96 bits per heavy atom. The number of hydrogen-bond acceptors (Lipinski definition) is 2. The summed E-state index contributed by atoms with van der Waals surface area (Å²) in [5.74, 6) is 1.32. The van der Waals surface area contributed by atoms with Gasteiger partial charge in [0.1, 0.15) is 5.82 Å². The Hall–Kier alpha value is -5.01. The molecule has 0 fully saturated rings. The van der Waals surface area contributed by atoms with E-state index in [-0.39, 0.29) is 51.4 Å². The zero-order chi connectivity index (χ0) is 35.8. The first-order valence-corrected chi connectivity index (χ1v) is 18.3. The van der Waals surface area contributed by atoms with Gasteiger partial charge < -0.3 is 9.98 Å². The third kappa shape index (κ3) is 5.53. The molecule has 0 radical (unpaired) electrons. The number of allylic oxidation sites excluding steroid dienone is 2. The van der Waals surface area contributed by atoms with Crippen molar-refractivity contribution < 1.29 is 51.4 Å². The van der Waals surface area contributed by atoms with Crippen LogP contribution < -0.4 is 51.4 Å². The SMILES string of the molecule is [CH2-]/C=C\C(=N)n1c2ccc(-c3cccc(C)c3)cc2c2cc3c(cc21)-c1ccc2c4cc(-c5cccc(C)c5)ccc4n(-c4ccccn4)c2c1CC3.[K+]. The van der Waals surface area contributed by atoms with Gasteiger partial charge in [0.25, 0.3) is 0 Å². The minimum atomic E-state index is 0. The average Bonchev–Trinajstić information content (AvgIpc) is 3.69. The maximum atomic E-state index is 9.15. The summed E-state index contributed by atoms with van der Waals surface area (Å²) in [7, 11) is 0. The van der Waals surface area contributed by atoms with E-state index in [1.54, 1.807) is 12.2 Å². The predicted octanol–water partition coefficient (Wildman–Crippen LogP) is 9.22. The molecule has 3 heterocycles. The second-order valence-electron chi connectivity index (χ2n) is 14.4. The molecule has 0 bridgehead atoms. The second kappa shape index (κ2) is 13.7. The molecule has 54 heavy (non-hydrogen) atoms. The molecule has 0 aliphatic heterocycles. The van der Waals surface area contributed by atoms with E-state index in [2.05, 4.69) is 151 Å². The van der Waals surface area contributed by atoms with Crippen molar-refractivity contribution >= 4 is 49.4 Å². The number of rotatable bonds is 4. The molecule has 6 aromatic carbocycles. The molecule has 3 aromatic heterocycles. The van der Waals surface area contributed by atoms with Crippen molar-refractivity contribution in [1.29, 1.82) is 5.41 Å². The normalized spacial score (nSPS) is 12.4. The first-order valence-electron chi connectivity index (χ1n) is 18.3. The fraction of sp³-hybridized carbons (Fsp3) is 0.0816. The summed E-state index contributed by atoms with van der Waals surface area (Å²) >= 11 is 0. The summed E-state index contributed by atoms with van der Waals surface area (Å²) in [6, 6.07) is 46.4. The Balaban J connectivity index is 0.00000384. The summed E-state index contributed by atoms with van der Waals surface area (Å²) in [6.07, 6.45) is 7.21. The molecule has 0 amide bonds. The molecule has 9 aromatic rings. The van der Waals surface area contributed by atoms with Gasteiger partial charge in [0.05, 0.1) is 22.1 Å². The van der Waals surface area contributed by atoms with Gasteiger partial charge in [0, 0.05) is 33.6 Å².